The van der Waals surface area contributed by atoms with E-state index in [1.807, 2.05) is 0 Å². The van der Waals surface area contributed by atoms with Crippen molar-refractivity contribution < 1.29 is 19.6 Å². The molecule has 0 saturated heterocycles. The van der Waals surface area contributed by atoms with E-state index in [0.29, 0.717) is 16.7 Å². The second-order valence-electron chi connectivity index (χ2n) is 8.50. The van der Waals surface area contributed by atoms with Gasteiger partial charge in [0.15, 0.2) is 0 Å². The van der Waals surface area contributed by atoms with Crippen molar-refractivity contribution in [2.45, 2.75) is 19.3 Å². The molecule has 11 nitrogen and oxygen atoms in total. The number of benzene rings is 3. The topological polar surface area (TPSA) is 173 Å². The Balaban J connectivity index is 1.95. The minimum Gasteiger partial charge on any atom is -0.369 e. The van der Waals surface area contributed by atoms with Crippen molar-refractivity contribution in [1.82, 2.24) is 0 Å². The Morgan fingerprint density at radius 2 is 0.925 bits per heavy atom. The molecule has 0 aromatic heterocycles. The molecule has 1 amide bonds. The minimum atomic E-state index is -1.38. The molecule has 3 rings (SSSR count). The van der Waals surface area contributed by atoms with E-state index in [1.165, 1.54) is 54.6 Å². The van der Waals surface area contributed by atoms with E-state index in [-0.39, 0.29) is 36.3 Å². The van der Waals surface area contributed by atoms with Crippen LogP contribution in [0, 0.1) is 71.3 Å². The molecule has 2 N–H and O–H groups in total. The molecule has 0 aliphatic rings. The van der Waals surface area contributed by atoms with Gasteiger partial charge in [-0.2, -0.15) is 0 Å². The number of hydrogen-bond acceptors (Lipinski definition) is 7. The van der Waals surface area contributed by atoms with Crippen LogP contribution in [-0.2, 0) is 4.79 Å². The van der Waals surface area contributed by atoms with E-state index in [4.69, 9.17) is 5.73 Å². The fraction of sp³-hybridized carbons (Fsp3) is 0.138. The average molecular weight is 537 g/mol. The van der Waals surface area contributed by atoms with Crippen LogP contribution in [0.3, 0.4) is 0 Å². The normalized spacial score (nSPS) is 10.0. The first-order chi connectivity index (χ1) is 19.1. The van der Waals surface area contributed by atoms with Crippen molar-refractivity contribution in [1.29, 1.82) is 0 Å². The fourth-order valence-corrected chi connectivity index (χ4v) is 3.49. The van der Waals surface area contributed by atoms with Gasteiger partial charge in [0.25, 0.3) is 17.1 Å². The predicted octanol–water partition coefficient (Wildman–Crippen LogP) is 4.51. The lowest BCUT2D eigenvalue weighted by Crippen LogP contribution is -2.36. The Morgan fingerprint density at radius 3 is 1.18 bits per heavy atom. The Bertz CT molecular complexity index is 1490. The highest BCUT2D eigenvalue weighted by atomic mass is 16.6. The van der Waals surface area contributed by atoms with Crippen LogP contribution in [-0.4, -0.2) is 20.7 Å². The number of amides is 1. The summed E-state index contributed by atoms with van der Waals surface area (Å²) in [6.45, 7) is 0. The molecule has 0 fully saturated rings. The number of primary amides is 1. The van der Waals surface area contributed by atoms with Crippen molar-refractivity contribution >= 4 is 23.0 Å². The van der Waals surface area contributed by atoms with Gasteiger partial charge >= 0.3 is 0 Å². The number of nitrogens with two attached hydrogens (primary N) is 1. The highest BCUT2D eigenvalue weighted by Crippen LogP contribution is 2.30. The van der Waals surface area contributed by atoms with Crippen LogP contribution in [0.5, 0.6) is 0 Å². The summed E-state index contributed by atoms with van der Waals surface area (Å²) in [7, 11) is 0. The zero-order chi connectivity index (χ0) is 29.1. The second kappa shape index (κ2) is 13.0. The average Bonchev–Trinajstić information content (AvgIpc) is 2.93. The first-order valence-corrected chi connectivity index (χ1v) is 11.6. The summed E-state index contributed by atoms with van der Waals surface area (Å²) in [6.07, 6.45) is -0.297. The number of nitro groups is 3. The van der Waals surface area contributed by atoms with Gasteiger partial charge in [0.05, 0.1) is 20.2 Å². The van der Waals surface area contributed by atoms with Crippen molar-refractivity contribution in [2.24, 2.45) is 11.1 Å². The van der Waals surface area contributed by atoms with Crippen molar-refractivity contribution in [2.75, 3.05) is 0 Å². The molecule has 0 saturated carbocycles. The third-order valence-electron chi connectivity index (χ3n) is 5.67. The first kappa shape index (κ1) is 28.6. The molecule has 0 atom stereocenters. The number of carbonyl (C=O) groups excluding carboxylic acids is 1. The zero-order valence-electron chi connectivity index (χ0n) is 20.8. The summed E-state index contributed by atoms with van der Waals surface area (Å²) in [5.41, 5.74) is 5.07. The van der Waals surface area contributed by atoms with E-state index < -0.39 is 26.1 Å². The molecule has 0 bridgehead atoms. The number of nitro benzene ring substituents is 3. The maximum absolute atomic E-state index is 12.7. The van der Waals surface area contributed by atoms with Gasteiger partial charge in [0.1, 0.15) is 0 Å². The molecule has 0 radical (unpaired) electrons. The van der Waals surface area contributed by atoms with E-state index in [1.54, 1.807) is 18.2 Å². The summed E-state index contributed by atoms with van der Waals surface area (Å²) in [4.78, 5) is 44.2. The zero-order valence-corrected chi connectivity index (χ0v) is 20.8. The Hall–Kier alpha value is -5.99. The Labute approximate surface area is 228 Å². The Kier molecular flexibility index (Phi) is 9.29. The maximum atomic E-state index is 12.7. The molecule has 0 heterocycles. The lowest BCUT2D eigenvalue weighted by molar-refractivity contribution is -0.385. The van der Waals surface area contributed by atoms with Crippen molar-refractivity contribution in [3.05, 3.63) is 120 Å². The van der Waals surface area contributed by atoms with Crippen LogP contribution in [0.25, 0.3) is 0 Å². The first-order valence-electron chi connectivity index (χ1n) is 11.6. The molecule has 3 aromatic rings. The van der Waals surface area contributed by atoms with Crippen LogP contribution < -0.4 is 5.73 Å². The number of non-ortho nitro benzene ring substituents is 3. The van der Waals surface area contributed by atoms with Crippen molar-refractivity contribution in [3.63, 3.8) is 0 Å². The molecule has 0 aliphatic carbocycles. The largest absolute Gasteiger partial charge is 0.369 e. The van der Waals surface area contributed by atoms with E-state index in [9.17, 15) is 35.1 Å². The molecule has 0 aliphatic heterocycles. The van der Waals surface area contributed by atoms with Gasteiger partial charge in [0.2, 0.25) is 5.91 Å². The minimum absolute atomic E-state index is 0.0989. The summed E-state index contributed by atoms with van der Waals surface area (Å²) >= 11 is 0. The highest BCUT2D eigenvalue weighted by Gasteiger charge is 2.34. The number of nitrogens with zero attached hydrogens (tertiary/aromatic N) is 3. The predicted molar refractivity (Wildman–Crippen MR) is 145 cm³/mol. The molecule has 11 heteroatoms. The summed E-state index contributed by atoms with van der Waals surface area (Å²) < 4.78 is 0. The molecule has 3 aromatic carbocycles. The van der Waals surface area contributed by atoms with Crippen LogP contribution in [0.4, 0.5) is 17.1 Å². The second-order valence-corrected chi connectivity index (χ2v) is 8.50. The van der Waals surface area contributed by atoms with Crippen LogP contribution in [0.2, 0.25) is 0 Å². The van der Waals surface area contributed by atoms with E-state index in [2.05, 4.69) is 35.5 Å². The van der Waals surface area contributed by atoms with Gasteiger partial charge in [-0.1, -0.05) is 53.7 Å². The summed E-state index contributed by atoms with van der Waals surface area (Å²) in [5.74, 6) is 16.2. The molecule has 40 heavy (non-hydrogen) atoms. The lowest BCUT2D eigenvalue weighted by Gasteiger charge is -2.24. The number of rotatable bonds is 7. The summed E-state index contributed by atoms with van der Waals surface area (Å²) in [6, 6.07) is 17.1. The van der Waals surface area contributed by atoms with Crippen LogP contribution >= 0.6 is 0 Å². The SMILES string of the molecule is NC(=O)C(CC#Cc1cccc([N+](=O)[O-])c1)(CC#Cc1cccc([N+](=O)[O-])c1)CC#Cc1cccc([N+](=O)[O-])c1. The van der Waals surface area contributed by atoms with Gasteiger partial charge < -0.3 is 5.73 Å². The van der Waals surface area contributed by atoms with Gasteiger partial charge in [0, 0.05) is 72.4 Å². The monoisotopic (exact) mass is 536 g/mol. The van der Waals surface area contributed by atoms with Crippen LogP contribution in [0.15, 0.2) is 72.8 Å². The van der Waals surface area contributed by atoms with Crippen LogP contribution in [0.1, 0.15) is 36.0 Å². The molecular formula is C29H20N4O7. The maximum Gasteiger partial charge on any atom is 0.270 e. The fourth-order valence-electron chi connectivity index (χ4n) is 3.49. The standard InChI is InChI=1S/C29H20N4O7/c30-28(34)29(16-4-10-22-7-1-13-25(19-22)31(35)36,17-5-11-23-8-2-14-26(20-23)32(37)38)18-6-12-24-9-3-15-27(21-24)33(39)40/h1-3,7-9,13-15,19-21H,16-18H2,(H2,30,34). The Morgan fingerprint density at radius 1 is 0.625 bits per heavy atom. The molecule has 0 unspecified atom stereocenters. The third kappa shape index (κ3) is 7.75. The number of carbonyl (C=O) groups is 1. The third-order valence-corrected chi connectivity index (χ3v) is 5.67. The highest BCUT2D eigenvalue weighted by molar-refractivity contribution is 5.82. The van der Waals surface area contributed by atoms with Gasteiger partial charge in [-0.25, -0.2) is 0 Å². The van der Waals surface area contributed by atoms with E-state index in [0.717, 1.165) is 0 Å². The number of hydrogen-bond donors (Lipinski definition) is 1. The lowest BCUT2D eigenvalue weighted by atomic mass is 9.77. The molecular weight excluding hydrogens is 516 g/mol. The van der Waals surface area contributed by atoms with Crippen molar-refractivity contribution in [3.8, 4) is 35.5 Å². The van der Waals surface area contributed by atoms with Gasteiger partial charge in [-0.15, -0.1) is 0 Å². The smallest absolute Gasteiger partial charge is 0.270 e. The quantitative estimate of drug-likeness (QED) is 0.263. The molecule has 198 valence electrons. The molecule has 0 spiro atoms. The van der Waals surface area contributed by atoms with Gasteiger partial charge in [-0.05, 0) is 18.2 Å². The van der Waals surface area contributed by atoms with Gasteiger partial charge in [-0.3, -0.25) is 35.1 Å². The van der Waals surface area contributed by atoms with E-state index >= 15 is 0 Å². The summed E-state index contributed by atoms with van der Waals surface area (Å²) in [5, 5.41) is 33.2.